The summed E-state index contributed by atoms with van der Waals surface area (Å²) >= 11 is 0. The fourth-order valence-electron chi connectivity index (χ4n) is 2.21. The zero-order chi connectivity index (χ0) is 13.3. The number of hydrogen-bond donors (Lipinski definition) is 0. The lowest BCUT2D eigenvalue weighted by atomic mass is 10.0. The first-order valence-corrected chi connectivity index (χ1v) is 5.98. The largest absolute Gasteiger partial charge is 0.301 e. The predicted molar refractivity (Wildman–Crippen MR) is 66.2 cm³/mol. The minimum Gasteiger partial charge on any atom is -0.301 e. The van der Waals surface area contributed by atoms with Crippen LogP contribution in [0, 0.1) is 5.92 Å². The van der Waals surface area contributed by atoms with Gasteiger partial charge in [-0.05, 0) is 24.5 Å². The van der Waals surface area contributed by atoms with Gasteiger partial charge in [0, 0.05) is 0 Å². The number of fused-ring (bicyclic) bond motifs is 1. The highest BCUT2D eigenvalue weighted by molar-refractivity contribution is 6.22. The highest BCUT2D eigenvalue weighted by atomic mass is 16.2. The Morgan fingerprint density at radius 3 is 2.00 bits per heavy atom. The second-order valence-electron chi connectivity index (χ2n) is 4.86. The molecule has 18 heavy (non-hydrogen) atoms. The summed E-state index contributed by atoms with van der Waals surface area (Å²) in [6, 6.07) is 5.99. The maximum Gasteiger partial charge on any atom is 0.262 e. The Labute approximate surface area is 106 Å². The van der Waals surface area contributed by atoms with Crippen molar-refractivity contribution in [3.8, 4) is 0 Å². The summed E-state index contributed by atoms with van der Waals surface area (Å²) in [5.74, 6) is -0.494. The van der Waals surface area contributed by atoms with Gasteiger partial charge in [-0.25, -0.2) is 0 Å². The van der Waals surface area contributed by atoms with Crippen molar-refractivity contribution in [2.75, 3.05) is 0 Å². The fourth-order valence-corrected chi connectivity index (χ4v) is 2.21. The minimum absolute atomic E-state index is 0.240. The molecule has 1 aliphatic rings. The zero-order valence-electron chi connectivity index (χ0n) is 10.4. The van der Waals surface area contributed by atoms with Crippen molar-refractivity contribution < 1.29 is 14.4 Å². The van der Waals surface area contributed by atoms with Crippen molar-refractivity contribution in [3.05, 3.63) is 35.4 Å². The zero-order valence-corrected chi connectivity index (χ0v) is 10.4. The third-order valence-corrected chi connectivity index (χ3v) is 3.03. The van der Waals surface area contributed by atoms with Gasteiger partial charge < -0.3 is 4.79 Å². The molecular weight excluding hydrogens is 230 g/mol. The van der Waals surface area contributed by atoms with Gasteiger partial charge in [0.15, 0.2) is 0 Å². The van der Waals surface area contributed by atoms with Crippen molar-refractivity contribution in [2.45, 2.75) is 26.3 Å². The highest BCUT2D eigenvalue weighted by Crippen LogP contribution is 2.25. The van der Waals surface area contributed by atoms with Gasteiger partial charge in [-0.3, -0.25) is 14.5 Å². The Morgan fingerprint density at radius 2 is 1.61 bits per heavy atom. The van der Waals surface area contributed by atoms with Crippen LogP contribution in [0.4, 0.5) is 0 Å². The van der Waals surface area contributed by atoms with E-state index < -0.39 is 6.04 Å². The van der Waals surface area contributed by atoms with Crippen LogP contribution in [-0.4, -0.2) is 29.0 Å². The molecule has 1 heterocycles. The molecule has 0 aromatic heterocycles. The number of imide groups is 1. The Balaban J connectivity index is 2.35. The monoisotopic (exact) mass is 245 g/mol. The minimum atomic E-state index is -0.669. The van der Waals surface area contributed by atoms with E-state index in [1.54, 1.807) is 24.3 Å². The summed E-state index contributed by atoms with van der Waals surface area (Å²) in [6.45, 7) is 3.91. The summed E-state index contributed by atoms with van der Waals surface area (Å²) in [5.41, 5.74) is 0.774. The molecule has 4 heteroatoms. The molecule has 0 fully saturated rings. The van der Waals surface area contributed by atoms with Crippen LogP contribution in [0.3, 0.4) is 0 Å². The molecule has 0 aliphatic carbocycles. The second-order valence-corrected chi connectivity index (χ2v) is 4.86. The van der Waals surface area contributed by atoms with Crippen LogP contribution in [-0.2, 0) is 4.79 Å². The SMILES string of the molecule is CC(C)C[C@@H](C=O)N1C(=O)c2ccccc2C1=O. The van der Waals surface area contributed by atoms with Crippen LogP contribution in [0.1, 0.15) is 41.0 Å². The lowest BCUT2D eigenvalue weighted by Crippen LogP contribution is -2.41. The molecule has 1 atom stereocenters. The third-order valence-electron chi connectivity index (χ3n) is 3.03. The molecule has 1 aromatic rings. The molecule has 1 aromatic carbocycles. The van der Waals surface area contributed by atoms with E-state index in [4.69, 9.17) is 0 Å². The normalized spacial score (nSPS) is 16.1. The molecule has 2 rings (SSSR count). The van der Waals surface area contributed by atoms with Crippen LogP contribution in [0.2, 0.25) is 0 Å². The summed E-state index contributed by atoms with van der Waals surface area (Å²) in [6.07, 6.45) is 1.18. The van der Waals surface area contributed by atoms with Gasteiger partial charge in [-0.1, -0.05) is 26.0 Å². The van der Waals surface area contributed by atoms with Gasteiger partial charge in [-0.15, -0.1) is 0 Å². The number of nitrogens with zero attached hydrogens (tertiary/aromatic N) is 1. The molecule has 2 amide bonds. The average Bonchev–Trinajstić information content (AvgIpc) is 2.60. The molecule has 0 unspecified atom stereocenters. The molecule has 94 valence electrons. The third kappa shape index (κ3) is 1.94. The van der Waals surface area contributed by atoms with Crippen LogP contribution in [0.25, 0.3) is 0 Å². The van der Waals surface area contributed by atoms with E-state index in [1.165, 1.54) is 0 Å². The van der Waals surface area contributed by atoms with E-state index in [0.717, 1.165) is 4.90 Å². The lowest BCUT2D eigenvalue weighted by Gasteiger charge is -2.22. The molecule has 1 aliphatic heterocycles. The number of hydrogen-bond acceptors (Lipinski definition) is 3. The first kappa shape index (κ1) is 12.5. The highest BCUT2D eigenvalue weighted by Gasteiger charge is 2.39. The van der Waals surface area contributed by atoms with E-state index in [9.17, 15) is 14.4 Å². The van der Waals surface area contributed by atoms with Gasteiger partial charge in [-0.2, -0.15) is 0 Å². The van der Waals surface area contributed by atoms with Crippen molar-refractivity contribution in [2.24, 2.45) is 5.92 Å². The Bertz CT molecular complexity index is 473. The topological polar surface area (TPSA) is 54.5 Å². The molecule has 0 spiro atoms. The standard InChI is InChI=1S/C14H15NO3/c1-9(2)7-10(8-16)15-13(17)11-5-3-4-6-12(11)14(15)18/h3-6,8-10H,7H2,1-2H3/t10-/m0/s1. The maximum absolute atomic E-state index is 12.1. The van der Waals surface area contributed by atoms with Crippen LogP contribution < -0.4 is 0 Å². The molecular formula is C14H15NO3. The molecule has 0 radical (unpaired) electrons. The smallest absolute Gasteiger partial charge is 0.262 e. The molecule has 0 N–H and O–H groups in total. The molecule has 0 saturated heterocycles. The summed E-state index contributed by atoms with van der Waals surface area (Å²) in [7, 11) is 0. The number of aldehydes is 1. The van der Waals surface area contributed by atoms with Gasteiger partial charge in [0.05, 0.1) is 17.2 Å². The van der Waals surface area contributed by atoms with E-state index in [0.29, 0.717) is 23.8 Å². The van der Waals surface area contributed by atoms with Crippen molar-refractivity contribution >= 4 is 18.1 Å². The average molecular weight is 245 g/mol. The van der Waals surface area contributed by atoms with E-state index in [-0.39, 0.29) is 17.7 Å². The van der Waals surface area contributed by atoms with Gasteiger partial charge >= 0.3 is 0 Å². The van der Waals surface area contributed by atoms with Crippen molar-refractivity contribution in [3.63, 3.8) is 0 Å². The molecule has 0 bridgehead atoms. The lowest BCUT2D eigenvalue weighted by molar-refractivity contribution is -0.111. The Hall–Kier alpha value is -1.97. The van der Waals surface area contributed by atoms with Crippen LogP contribution in [0.5, 0.6) is 0 Å². The van der Waals surface area contributed by atoms with Crippen molar-refractivity contribution in [1.82, 2.24) is 4.90 Å². The Morgan fingerprint density at radius 1 is 1.11 bits per heavy atom. The van der Waals surface area contributed by atoms with Gasteiger partial charge in [0.2, 0.25) is 0 Å². The van der Waals surface area contributed by atoms with Gasteiger partial charge in [0.25, 0.3) is 11.8 Å². The summed E-state index contributed by atoms with van der Waals surface area (Å²) in [4.78, 5) is 36.5. The predicted octanol–water partition coefficient (Wildman–Crippen LogP) is 1.90. The van der Waals surface area contributed by atoms with Gasteiger partial charge in [0.1, 0.15) is 6.29 Å². The second kappa shape index (κ2) is 4.72. The van der Waals surface area contributed by atoms with Crippen LogP contribution in [0.15, 0.2) is 24.3 Å². The number of amides is 2. The summed E-state index contributed by atoms with van der Waals surface area (Å²) in [5, 5.41) is 0. The van der Waals surface area contributed by atoms with Crippen LogP contribution >= 0.6 is 0 Å². The van der Waals surface area contributed by atoms with E-state index in [2.05, 4.69) is 0 Å². The van der Waals surface area contributed by atoms with Crippen molar-refractivity contribution in [1.29, 1.82) is 0 Å². The maximum atomic E-state index is 12.1. The van der Waals surface area contributed by atoms with E-state index >= 15 is 0 Å². The Kier molecular flexibility index (Phi) is 3.28. The molecule has 0 saturated carbocycles. The molecule has 4 nitrogen and oxygen atoms in total. The summed E-state index contributed by atoms with van der Waals surface area (Å²) < 4.78 is 0. The fraction of sp³-hybridized carbons (Fsp3) is 0.357. The number of carbonyl (C=O) groups excluding carboxylic acids is 3. The number of benzene rings is 1. The van der Waals surface area contributed by atoms with E-state index in [1.807, 2.05) is 13.8 Å². The first-order valence-electron chi connectivity index (χ1n) is 5.98. The number of carbonyl (C=O) groups is 3. The number of rotatable bonds is 4. The quantitative estimate of drug-likeness (QED) is 0.601. The first-order chi connectivity index (χ1) is 8.56.